The van der Waals surface area contributed by atoms with E-state index in [2.05, 4.69) is 108 Å². The fraction of sp³-hybridized carbons (Fsp3) is 0.542. The molecule has 0 bridgehead atoms. The molecule has 0 fully saturated rings. The van der Waals surface area contributed by atoms with Crippen LogP contribution in [0.15, 0.2) is 30.5 Å². The number of hydrogen-bond acceptors (Lipinski definition) is 0. The minimum absolute atomic E-state index is 0.176. The van der Waals surface area contributed by atoms with Gasteiger partial charge in [0.05, 0.1) is 0 Å². The SMILES string of the molecule is Cc1cc(C(C)(C)C)ccc1-c1c[c]([Ge]([CH3])([CH3])[CH3])c(C(C)(C)C)c[n+]1C. The molecule has 0 unspecified atom stereocenters. The first-order chi connectivity index (χ1) is 11.6. The van der Waals surface area contributed by atoms with Gasteiger partial charge in [0.1, 0.15) is 0 Å². The Balaban J connectivity index is 2.72. The molecule has 0 radical (unpaired) electrons. The third kappa shape index (κ3) is 4.42. The van der Waals surface area contributed by atoms with E-state index in [1.54, 1.807) is 4.40 Å². The van der Waals surface area contributed by atoms with Crippen LogP contribution in [0.25, 0.3) is 11.3 Å². The van der Waals surface area contributed by atoms with Crippen LogP contribution in [0.1, 0.15) is 58.2 Å². The number of rotatable bonds is 2. The van der Waals surface area contributed by atoms with Crippen LogP contribution in [0.5, 0.6) is 0 Å². The third-order valence-corrected chi connectivity index (χ3v) is 9.52. The number of aromatic nitrogens is 1. The molecule has 0 spiro atoms. The van der Waals surface area contributed by atoms with Gasteiger partial charge < -0.3 is 0 Å². The standard InChI is InChI=1S/C24H38GeN/c1-17-14-18(23(2,3)4)12-13-19(17)22-15-21(25(8,9)10)20(16-26(22)11)24(5,6)7/h12-16H,1-11H3/q+1. The fourth-order valence-electron chi connectivity index (χ4n) is 3.55. The Morgan fingerprint density at radius 2 is 1.42 bits per heavy atom. The zero-order valence-corrected chi connectivity index (χ0v) is 20.9. The molecule has 0 N–H and O–H groups in total. The van der Waals surface area contributed by atoms with E-state index in [1.165, 1.54) is 27.9 Å². The monoisotopic (exact) mass is 414 g/mol. The first kappa shape index (κ1) is 21.2. The summed E-state index contributed by atoms with van der Waals surface area (Å²) in [5.74, 6) is 7.51. The molecule has 0 aliphatic heterocycles. The molecular weight excluding hydrogens is 375 g/mol. The van der Waals surface area contributed by atoms with Crippen molar-refractivity contribution in [2.75, 3.05) is 0 Å². The van der Waals surface area contributed by atoms with Crippen molar-refractivity contribution in [2.45, 2.75) is 76.6 Å². The second-order valence-electron chi connectivity index (χ2n) is 10.9. The van der Waals surface area contributed by atoms with Crippen LogP contribution in [0, 0.1) is 6.92 Å². The quantitative estimate of drug-likeness (QED) is 0.444. The van der Waals surface area contributed by atoms with Gasteiger partial charge in [0.25, 0.3) is 0 Å². The molecule has 1 aromatic carbocycles. The van der Waals surface area contributed by atoms with E-state index in [9.17, 15) is 0 Å². The summed E-state index contributed by atoms with van der Waals surface area (Å²) in [6.45, 7) is 16.1. The summed E-state index contributed by atoms with van der Waals surface area (Å²) in [7, 11) is 2.20. The van der Waals surface area contributed by atoms with Crippen molar-refractivity contribution in [1.82, 2.24) is 0 Å². The van der Waals surface area contributed by atoms with Crippen LogP contribution >= 0.6 is 0 Å². The number of nitrogens with zero attached hydrogens (tertiary/aromatic N) is 1. The zero-order valence-electron chi connectivity index (χ0n) is 18.8. The predicted molar refractivity (Wildman–Crippen MR) is 118 cm³/mol. The second-order valence-corrected chi connectivity index (χ2v) is 21.4. The van der Waals surface area contributed by atoms with E-state index in [0.29, 0.717) is 0 Å². The van der Waals surface area contributed by atoms with Gasteiger partial charge in [-0.3, -0.25) is 0 Å². The summed E-state index contributed by atoms with van der Waals surface area (Å²) < 4.78 is 3.96. The molecule has 0 saturated carbocycles. The summed E-state index contributed by atoms with van der Waals surface area (Å²) in [5.41, 5.74) is 7.34. The Morgan fingerprint density at radius 1 is 0.846 bits per heavy atom. The van der Waals surface area contributed by atoms with Crippen LogP contribution in [-0.2, 0) is 17.9 Å². The van der Waals surface area contributed by atoms with Gasteiger partial charge in [-0.05, 0) is 0 Å². The maximum atomic E-state index is 2.50. The molecule has 0 aliphatic carbocycles. The molecule has 2 aromatic rings. The van der Waals surface area contributed by atoms with Crippen molar-refractivity contribution in [3.05, 3.63) is 47.2 Å². The maximum absolute atomic E-state index is 2.50. The molecule has 0 saturated heterocycles. The Labute approximate surface area is 164 Å². The van der Waals surface area contributed by atoms with Gasteiger partial charge in [0.15, 0.2) is 0 Å². The molecule has 0 atom stereocenters. The molecular formula is C24H38GeN+. The van der Waals surface area contributed by atoms with Crippen molar-refractivity contribution in [1.29, 1.82) is 0 Å². The van der Waals surface area contributed by atoms with Crippen molar-refractivity contribution in [2.24, 2.45) is 7.05 Å². The molecule has 0 amide bonds. The summed E-state index contributed by atoms with van der Waals surface area (Å²) in [6, 6.07) is 9.49. The number of hydrogen-bond donors (Lipinski definition) is 0. The summed E-state index contributed by atoms with van der Waals surface area (Å²) >= 11 is -1.99. The van der Waals surface area contributed by atoms with E-state index < -0.39 is 13.3 Å². The van der Waals surface area contributed by atoms with Crippen LogP contribution in [-0.4, -0.2) is 13.3 Å². The average molecular weight is 413 g/mol. The summed E-state index contributed by atoms with van der Waals surface area (Å²) in [5, 5.41) is 0. The Kier molecular flexibility index (Phi) is 5.56. The van der Waals surface area contributed by atoms with E-state index in [1.807, 2.05) is 0 Å². The van der Waals surface area contributed by atoms with Gasteiger partial charge in [-0.1, -0.05) is 0 Å². The normalized spacial score (nSPS) is 13.2. The van der Waals surface area contributed by atoms with Crippen molar-refractivity contribution >= 4 is 17.7 Å². The van der Waals surface area contributed by atoms with Crippen molar-refractivity contribution in [3.8, 4) is 11.3 Å². The fourth-order valence-corrected chi connectivity index (χ4v) is 7.37. The third-order valence-electron chi connectivity index (χ3n) is 5.26. The Morgan fingerprint density at radius 3 is 1.85 bits per heavy atom. The number of benzene rings is 1. The zero-order chi connectivity index (χ0) is 20.1. The number of pyridine rings is 1. The van der Waals surface area contributed by atoms with Crippen LogP contribution in [0.4, 0.5) is 0 Å². The van der Waals surface area contributed by atoms with Crippen molar-refractivity contribution in [3.63, 3.8) is 0 Å². The molecule has 2 heteroatoms. The predicted octanol–water partition coefficient (Wildman–Crippen LogP) is 5.63. The molecule has 0 aliphatic rings. The molecule has 1 nitrogen and oxygen atoms in total. The summed E-state index contributed by atoms with van der Waals surface area (Å²) in [4.78, 5) is 0. The Hall–Kier alpha value is -1.09. The van der Waals surface area contributed by atoms with Gasteiger partial charge in [0.2, 0.25) is 0 Å². The van der Waals surface area contributed by atoms with E-state index >= 15 is 0 Å². The van der Waals surface area contributed by atoms with Gasteiger partial charge in [0, 0.05) is 0 Å². The van der Waals surface area contributed by atoms with Gasteiger partial charge in [-0.2, -0.15) is 0 Å². The summed E-state index contributed by atoms with van der Waals surface area (Å²) in [6.07, 6.45) is 2.39. The Bertz CT molecular complexity index is 812. The van der Waals surface area contributed by atoms with Crippen molar-refractivity contribution < 1.29 is 4.57 Å². The molecule has 26 heavy (non-hydrogen) atoms. The average Bonchev–Trinajstić information content (AvgIpc) is 2.44. The topological polar surface area (TPSA) is 3.88 Å². The van der Waals surface area contributed by atoms with E-state index in [0.717, 1.165) is 0 Å². The second kappa shape index (κ2) is 6.82. The van der Waals surface area contributed by atoms with E-state index in [4.69, 9.17) is 0 Å². The van der Waals surface area contributed by atoms with Gasteiger partial charge in [-0.25, -0.2) is 0 Å². The van der Waals surface area contributed by atoms with Crippen LogP contribution < -0.4 is 8.96 Å². The van der Waals surface area contributed by atoms with Crippen LogP contribution in [0.2, 0.25) is 17.3 Å². The molecule has 2 rings (SSSR count). The molecule has 142 valence electrons. The van der Waals surface area contributed by atoms with Gasteiger partial charge in [-0.15, -0.1) is 0 Å². The minimum atomic E-state index is -1.99. The first-order valence-corrected chi connectivity index (χ1v) is 17.1. The van der Waals surface area contributed by atoms with E-state index in [-0.39, 0.29) is 10.8 Å². The van der Waals surface area contributed by atoms with Gasteiger partial charge >= 0.3 is 164 Å². The first-order valence-electron chi connectivity index (χ1n) is 9.78. The number of aryl methyl sites for hydroxylation is 2. The van der Waals surface area contributed by atoms with Crippen LogP contribution in [0.3, 0.4) is 0 Å². The molecule has 1 aromatic heterocycles. The molecule has 1 heterocycles.